The number of carbonyl (C=O) groups excluding carboxylic acids is 1. The standard InChI is InChI=1S/C11H15N3O/c1-10(2,3)9-8(6-13-14-9)11(4-5-11)12-7-15/h6H,4-5H2,1-3H3,(H,13,14). The van der Waals surface area contributed by atoms with Gasteiger partial charge in [-0.15, -0.1) is 0 Å². The van der Waals surface area contributed by atoms with E-state index in [-0.39, 0.29) is 11.0 Å². The van der Waals surface area contributed by atoms with Crippen LogP contribution in [-0.4, -0.2) is 16.3 Å². The minimum absolute atomic E-state index is 0.000171. The van der Waals surface area contributed by atoms with Crippen LogP contribution in [0.1, 0.15) is 44.9 Å². The van der Waals surface area contributed by atoms with Crippen molar-refractivity contribution in [2.24, 2.45) is 4.99 Å². The van der Waals surface area contributed by atoms with E-state index in [1.807, 2.05) is 0 Å². The first-order chi connectivity index (χ1) is 6.99. The molecule has 1 aliphatic carbocycles. The Bertz CT molecular complexity index is 417. The fraction of sp³-hybridized carbons (Fsp3) is 0.636. The molecule has 0 spiro atoms. The zero-order valence-corrected chi connectivity index (χ0v) is 9.29. The number of hydrogen-bond acceptors (Lipinski definition) is 3. The number of hydrogen-bond donors (Lipinski definition) is 1. The fourth-order valence-corrected chi connectivity index (χ4v) is 1.86. The topological polar surface area (TPSA) is 58.1 Å². The second-order valence-corrected chi connectivity index (χ2v) is 5.14. The molecule has 1 aromatic heterocycles. The van der Waals surface area contributed by atoms with Crippen LogP contribution >= 0.6 is 0 Å². The predicted molar refractivity (Wildman–Crippen MR) is 56.3 cm³/mol. The van der Waals surface area contributed by atoms with E-state index < -0.39 is 0 Å². The summed E-state index contributed by atoms with van der Waals surface area (Å²) < 4.78 is 0. The molecule has 15 heavy (non-hydrogen) atoms. The van der Waals surface area contributed by atoms with Crippen molar-refractivity contribution < 1.29 is 4.79 Å². The molecule has 1 saturated carbocycles. The third kappa shape index (κ3) is 1.61. The summed E-state index contributed by atoms with van der Waals surface area (Å²) in [5.41, 5.74) is 1.80. The fourth-order valence-electron chi connectivity index (χ4n) is 1.86. The molecule has 1 aliphatic rings. The maximum atomic E-state index is 10.4. The zero-order chi connectivity index (χ0) is 11.1. The number of nitrogens with zero attached hydrogens (tertiary/aromatic N) is 2. The summed E-state index contributed by atoms with van der Waals surface area (Å²) in [7, 11) is 0. The molecule has 1 N–H and O–H groups in total. The highest BCUT2D eigenvalue weighted by molar-refractivity contribution is 5.43. The Kier molecular flexibility index (Phi) is 2.05. The maximum Gasteiger partial charge on any atom is 0.235 e. The molecule has 4 nitrogen and oxygen atoms in total. The minimum atomic E-state index is -0.322. The van der Waals surface area contributed by atoms with E-state index >= 15 is 0 Å². The van der Waals surface area contributed by atoms with Gasteiger partial charge in [-0.25, -0.2) is 4.79 Å². The third-order valence-electron chi connectivity index (χ3n) is 2.87. The van der Waals surface area contributed by atoms with Crippen LogP contribution in [0.25, 0.3) is 0 Å². The molecule has 0 saturated heterocycles. The molecule has 1 heterocycles. The highest BCUT2D eigenvalue weighted by atomic mass is 16.1. The highest BCUT2D eigenvalue weighted by Crippen LogP contribution is 2.51. The van der Waals surface area contributed by atoms with Gasteiger partial charge in [-0.3, -0.25) is 5.10 Å². The average molecular weight is 205 g/mol. The van der Waals surface area contributed by atoms with Crippen molar-refractivity contribution in [3.8, 4) is 0 Å². The molecule has 4 heteroatoms. The summed E-state index contributed by atoms with van der Waals surface area (Å²) in [5.74, 6) is 0. The Morgan fingerprint density at radius 2 is 2.20 bits per heavy atom. The highest BCUT2D eigenvalue weighted by Gasteiger charge is 2.48. The Balaban J connectivity index is 2.46. The van der Waals surface area contributed by atoms with E-state index in [0.717, 1.165) is 24.1 Å². The zero-order valence-electron chi connectivity index (χ0n) is 9.29. The van der Waals surface area contributed by atoms with Crippen LogP contribution in [0.2, 0.25) is 0 Å². The van der Waals surface area contributed by atoms with Gasteiger partial charge in [-0.1, -0.05) is 20.8 Å². The normalized spacial score (nSPS) is 18.3. The van der Waals surface area contributed by atoms with Crippen molar-refractivity contribution in [2.45, 2.75) is 44.6 Å². The molecule has 1 fully saturated rings. The number of rotatable bonds is 2. The maximum absolute atomic E-state index is 10.4. The molecule has 0 unspecified atom stereocenters. The molecular weight excluding hydrogens is 190 g/mol. The number of H-pyrrole nitrogens is 1. The Labute approximate surface area is 88.8 Å². The van der Waals surface area contributed by atoms with Gasteiger partial charge in [0.2, 0.25) is 6.08 Å². The molecule has 0 radical (unpaired) electrons. The molecule has 0 atom stereocenters. The van der Waals surface area contributed by atoms with Crippen molar-refractivity contribution in [3.05, 3.63) is 17.5 Å². The molecule has 0 aromatic carbocycles. The van der Waals surface area contributed by atoms with Gasteiger partial charge in [0.1, 0.15) is 5.54 Å². The first-order valence-corrected chi connectivity index (χ1v) is 5.13. The van der Waals surface area contributed by atoms with E-state index in [0.29, 0.717) is 0 Å². The van der Waals surface area contributed by atoms with Gasteiger partial charge < -0.3 is 0 Å². The molecule has 0 amide bonds. The molecule has 80 valence electrons. The smallest absolute Gasteiger partial charge is 0.235 e. The lowest BCUT2D eigenvalue weighted by Crippen LogP contribution is -2.17. The van der Waals surface area contributed by atoms with Crippen molar-refractivity contribution in [1.82, 2.24) is 10.2 Å². The van der Waals surface area contributed by atoms with Gasteiger partial charge in [-0.2, -0.15) is 10.1 Å². The number of aliphatic imine (C=N–C) groups is 1. The summed E-state index contributed by atoms with van der Waals surface area (Å²) in [6, 6.07) is 0. The van der Waals surface area contributed by atoms with Crippen LogP contribution in [0.5, 0.6) is 0 Å². The molecule has 2 rings (SSSR count). The summed E-state index contributed by atoms with van der Waals surface area (Å²) in [4.78, 5) is 14.3. The quantitative estimate of drug-likeness (QED) is 0.593. The van der Waals surface area contributed by atoms with Gasteiger partial charge in [0.15, 0.2) is 0 Å². The first-order valence-electron chi connectivity index (χ1n) is 5.13. The summed E-state index contributed by atoms with van der Waals surface area (Å²) in [6.45, 7) is 6.35. The van der Waals surface area contributed by atoms with E-state index in [4.69, 9.17) is 0 Å². The van der Waals surface area contributed by atoms with E-state index in [9.17, 15) is 4.79 Å². The Morgan fingerprint density at radius 1 is 1.53 bits per heavy atom. The van der Waals surface area contributed by atoms with Crippen LogP contribution in [0.15, 0.2) is 11.2 Å². The van der Waals surface area contributed by atoms with Crippen molar-refractivity contribution >= 4 is 6.08 Å². The summed E-state index contributed by atoms with van der Waals surface area (Å²) >= 11 is 0. The summed E-state index contributed by atoms with van der Waals surface area (Å²) in [6.07, 6.45) is 5.30. The van der Waals surface area contributed by atoms with Gasteiger partial charge in [0.25, 0.3) is 0 Å². The Hall–Kier alpha value is -1.41. The lowest BCUT2D eigenvalue weighted by molar-refractivity contribution is 0.540. The van der Waals surface area contributed by atoms with E-state index in [2.05, 4.69) is 36.0 Å². The van der Waals surface area contributed by atoms with E-state index in [1.165, 1.54) is 0 Å². The lowest BCUT2D eigenvalue weighted by Gasteiger charge is -2.20. The van der Waals surface area contributed by atoms with Gasteiger partial charge >= 0.3 is 0 Å². The van der Waals surface area contributed by atoms with Crippen LogP contribution in [-0.2, 0) is 15.7 Å². The van der Waals surface area contributed by atoms with Gasteiger partial charge in [-0.05, 0) is 12.8 Å². The number of aromatic nitrogens is 2. The molecule has 0 bridgehead atoms. The van der Waals surface area contributed by atoms with Gasteiger partial charge in [0.05, 0.1) is 6.20 Å². The lowest BCUT2D eigenvalue weighted by atomic mass is 9.87. The third-order valence-corrected chi connectivity index (χ3v) is 2.87. The number of isocyanates is 1. The summed E-state index contributed by atoms with van der Waals surface area (Å²) in [5, 5.41) is 7.07. The largest absolute Gasteiger partial charge is 0.282 e. The SMILES string of the molecule is CC(C)(C)c1[nH]ncc1C1(N=C=O)CC1. The van der Waals surface area contributed by atoms with Crippen LogP contribution < -0.4 is 0 Å². The minimum Gasteiger partial charge on any atom is -0.282 e. The van der Waals surface area contributed by atoms with Crippen molar-refractivity contribution in [2.75, 3.05) is 0 Å². The van der Waals surface area contributed by atoms with Crippen LogP contribution in [0.4, 0.5) is 0 Å². The van der Waals surface area contributed by atoms with Crippen molar-refractivity contribution in [1.29, 1.82) is 0 Å². The van der Waals surface area contributed by atoms with E-state index in [1.54, 1.807) is 12.3 Å². The predicted octanol–water partition coefficient (Wildman–Crippen LogP) is 2.03. The first kappa shape index (κ1) is 10.1. The number of nitrogens with one attached hydrogen (secondary N) is 1. The number of aromatic amines is 1. The van der Waals surface area contributed by atoms with Crippen LogP contribution in [0.3, 0.4) is 0 Å². The Morgan fingerprint density at radius 3 is 2.67 bits per heavy atom. The molecular formula is C11H15N3O. The van der Waals surface area contributed by atoms with Gasteiger partial charge in [0, 0.05) is 16.7 Å². The second-order valence-electron chi connectivity index (χ2n) is 5.14. The van der Waals surface area contributed by atoms with Crippen LogP contribution in [0, 0.1) is 0 Å². The second kappa shape index (κ2) is 3.04. The van der Waals surface area contributed by atoms with Crippen molar-refractivity contribution in [3.63, 3.8) is 0 Å². The molecule has 0 aliphatic heterocycles. The molecule has 1 aromatic rings. The monoisotopic (exact) mass is 205 g/mol. The average Bonchev–Trinajstić information content (AvgIpc) is 2.75.